The highest BCUT2D eigenvalue weighted by Gasteiger charge is 2.13. The number of anilines is 1. The number of amides is 1. The molecule has 5 heteroatoms. The van der Waals surface area contributed by atoms with Crippen molar-refractivity contribution in [3.8, 4) is 0 Å². The van der Waals surface area contributed by atoms with Crippen LogP contribution in [0.5, 0.6) is 0 Å². The molecule has 1 N–H and O–H groups in total. The van der Waals surface area contributed by atoms with Gasteiger partial charge in [-0.3, -0.25) is 4.79 Å². The van der Waals surface area contributed by atoms with Gasteiger partial charge in [-0.25, -0.2) is 0 Å². The van der Waals surface area contributed by atoms with Crippen LogP contribution < -0.4 is 5.32 Å². The van der Waals surface area contributed by atoms with Crippen LogP contribution >= 0.6 is 34.8 Å². The first-order chi connectivity index (χ1) is 10.0. The number of rotatable bonds is 4. The maximum Gasteiger partial charge on any atom is 0.239 e. The number of halogens is 3. The lowest BCUT2D eigenvalue weighted by molar-refractivity contribution is -0.113. The van der Waals surface area contributed by atoms with E-state index in [-0.39, 0.29) is 11.8 Å². The highest BCUT2D eigenvalue weighted by atomic mass is 35.5. The summed E-state index contributed by atoms with van der Waals surface area (Å²) in [5.74, 6) is -0.423. The fourth-order valence-electron chi connectivity index (χ4n) is 1.91. The van der Waals surface area contributed by atoms with Crippen LogP contribution in [0.2, 0.25) is 10.0 Å². The molecule has 0 aliphatic carbocycles. The van der Waals surface area contributed by atoms with Crippen LogP contribution in [0, 0.1) is 0 Å². The van der Waals surface area contributed by atoms with Gasteiger partial charge in [0.05, 0.1) is 0 Å². The molecule has 0 aliphatic rings. The summed E-state index contributed by atoms with van der Waals surface area (Å²) in [7, 11) is 0. The molecule has 0 spiro atoms. The third-order valence-corrected chi connectivity index (χ3v) is 3.71. The quantitative estimate of drug-likeness (QED) is 0.758. The van der Waals surface area contributed by atoms with Gasteiger partial charge in [-0.15, -0.1) is 11.6 Å². The lowest BCUT2D eigenvalue weighted by Crippen LogP contribution is -2.14. The molecule has 0 saturated carbocycles. The minimum absolute atomic E-state index is 0.124. The van der Waals surface area contributed by atoms with Crippen molar-refractivity contribution >= 4 is 52.0 Å². The number of nitrogens with one attached hydrogen (secondary N) is 1. The van der Waals surface area contributed by atoms with E-state index in [1.165, 1.54) is 0 Å². The highest BCUT2D eigenvalue weighted by Crippen LogP contribution is 2.33. The van der Waals surface area contributed by atoms with Gasteiger partial charge in [0.2, 0.25) is 5.91 Å². The van der Waals surface area contributed by atoms with Crippen molar-refractivity contribution in [2.75, 3.05) is 11.2 Å². The average Bonchev–Trinajstić information content (AvgIpc) is 2.48. The molecule has 0 bridgehead atoms. The standard InChI is InChI=1S/C16H12Cl3NO/c1-10(12-4-2-3-5-14(12)19)13-8-11(18)6-7-15(13)20-16(21)9-17/h2-8H,1,9H2,(H,20,21). The first-order valence-corrected chi connectivity index (χ1v) is 7.41. The van der Waals surface area contributed by atoms with Gasteiger partial charge in [-0.1, -0.05) is 48.0 Å². The SMILES string of the molecule is C=C(c1ccccc1Cl)c1cc(Cl)ccc1NC(=O)CCl. The van der Waals surface area contributed by atoms with Gasteiger partial charge < -0.3 is 5.32 Å². The minimum Gasteiger partial charge on any atom is -0.324 e. The van der Waals surface area contributed by atoms with Crippen molar-refractivity contribution in [1.82, 2.24) is 0 Å². The zero-order valence-electron chi connectivity index (χ0n) is 11.0. The van der Waals surface area contributed by atoms with Crippen LogP contribution in [0.15, 0.2) is 49.0 Å². The molecule has 0 aromatic heterocycles. The van der Waals surface area contributed by atoms with E-state index >= 15 is 0 Å². The number of hydrogen-bond acceptors (Lipinski definition) is 1. The second-order valence-electron chi connectivity index (χ2n) is 4.33. The Kier molecular flexibility index (Phi) is 5.29. The second-order valence-corrected chi connectivity index (χ2v) is 5.44. The van der Waals surface area contributed by atoms with Gasteiger partial charge >= 0.3 is 0 Å². The van der Waals surface area contributed by atoms with Crippen LogP contribution in [-0.2, 0) is 4.79 Å². The molecule has 21 heavy (non-hydrogen) atoms. The predicted octanol–water partition coefficient (Wildman–Crippen LogP) is 5.23. The van der Waals surface area contributed by atoms with Crippen molar-refractivity contribution in [2.45, 2.75) is 0 Å². The Labute approximate surface area is 138 Å². The summed E-state index contributed by atoms with van der Waals surface area (Å²) < 4.78 is 0. The molecule has 108 valence electrons. The molecule has 0 atom stereocenters. The fraction of sp³-hybridized carbons (Fsp3) is 0.0625. The second kappa shape index (κ2) is 6.99. The fourth-order valence-corrected chi connectivity index (χ4v) is 2.40. The van der Waals surface area contributed by atoms with Crippen LogP contribution in [0.25, 0.3) is 5.57 Å². The van der Waals surface area contributed by atoms with Gasteiger partial charge in [-0.05, 0) is 29.8 Å². The van der Waals surface area contributed by atoms with E-state index in [2.05, 4.69) is 11.9 Å². The van der Waals surface area contributed by atoms with Crippen LogP contribution in [0.4, 0.5) is 5.69 Å². The molecular weight excluding hydrogens is 329 g/mol. The molecule has 0 unspecified atom stereocenters. The normalized spacial score (nSPS) is 10.2. The summed E-state index contributed by atoms with van der Waals surface area (Å²) in [4.78, 5) is 11.5. The third-order valence-electron chi connectivity index (χ3n) is 2.90. The van der Waals surface area contributed by atoms with Gasteiger partial charge in [-0.2, -0.15) is 0 Å². The predicted molar refractivity (Wildman–Crippen MR) is 90.4 cm³/mol. The Balaban J connectivity index is 2.47. The van der Waals surface area contributed by atoms with Crippen molar-refractivity contribution < 1.29 is 4.79 Å². The summed E-state index contributed by atoms with van der Waals surface area (Å²) in [5, 5.41) is 3.85. The molecule has 0 saturated heterocycles. The number of carbonyl (C=O) groups is 1. The van der Waals surface area contributed by atoms with Gasteiger partial charge in [0.25, 0.3) is 0 Å². The molecule has 2 aromatic carbocycles. The summed E-state index contributed by atoms with van der Waals surface area (Å²) in [6.07, 6.45) is 0. The van der Waals surface area contributed by atoms with E-state index in [4.69, 9.17) is 34.8 Å². The molecule has 0 heterocycles. The van der Waals surface area contributed by atoms with Gasteiger partial charge in [0, 0.05) is 26.9 Å². The highest BCUT2D eigenvalue weighted by molar-refractivity contribution is 6.33. The summed E-state index contributed by atoms with van der Waals surface area (Å²) in [5.41, 5.74) is 2.75. The smallest absolute Gasteiger partial charge is 0.239 e. The zero-order valence-corrected chi connectivity index (χ0v) is 13.3. The first-order valence-electron chi connectivity index (χ1n) is 6.12. The molecule has 2 rings (SSSR count). The van der Waals surface area contributed by atoms with Crippen LogP contribution in [-0.4, -0.2) is 11.8 Å². The number of benzene rings is 2. The van der Waals surface area contributed by atoms with E-state index in [0.717, 1.165) is 5.56 Å². The summed E-state index contributed by atoms with van der Waals surface area (Å²) in [6.45, 7) is 4.06. The Morgan fingerprint density at radius 1 is 1.10 bits per heavy atom. The van der Waals surface area contributed by atoms with Crippen LogP contribution in [0.1, 0.15) is 11.1 Å². The molecule has 0 fully saturated rings. The molecule has 1 amide bonds. The Morgan fingerprint density at radius 3 is 2.48 bits per heavy atom. The lowest BCUT2D eigenvalue weighted by atomic mass is 9.98. The maximum atomic E-state index is 11.5. The zero-order chi connectivity index (χ0) is 15.4. The van der Waals surface area contributed by atoms with E-state index in [0.29, 0.717) is 26.9 Å². The topological polar surface area (TPSA) is 29.1 Å². The summed E-state index contributed by atoms with van der Waals surface area (Å²) >= 11 is 17.8. The monoisotopic (exact) mass is 339 g/mol. The molecule has 0 radical (unpaired) electrons. The Hall–Kier alpha value is -1.48. The maximum absolute atomic E-state index is 11.5. The largest absolute Gasteiger partial charge is 0.324 e. The molecule has 2 nitrogen and oxygen atoms in total. The van der Waals surface area contributed by atoms with Gasteiger partial charge in [0.15, 0.2) is 0 Å². The summed E-state index contributed by atoms with van der Waals surface area (Å²) in [6, 6.07) is 12.5. The van der Waals surface area contributed by atoms with E-state index in [1.54, 1.807) is 24.3 Å². The van der Waals surface area contributed by atoms with Crippen molar-refractivity contribution in [3.63, 3.8) is 0 Å². The van der Waals surface area contributed by atoms with Crippen molar-refractivity contribution in [1.29, 1.82) is 0 Å². The third kappa shape index (κ3) is 3.79. The molecule has 2 aromatic rings. The van der Waals surface area contributed by atoms with E-state index < -0.39 is 0 Å². The molecule has 0 aliphatic heterocycles. The van der Waals surface area contributed by atoms with Crippen LogP contribution in [0.3, 0.4) is 0 Å². The Morgan fingerprint density at radius 2 is 1.81 bits per heavy atom. The minimum atomic E-state index is -0.299. The first kappa shape index (κ1) is 15.9. The van der Waals surface area contributed by atoms with Crippen molar-refractivity contribution in [3.05, 3.63) is 70.2 Å². The Bertz CT molecular complexity index is 698. The molecular formula is C16H12Cl3NO. The van der Waals surface area contributed by atoms with E-state index in [1.807, 2.05) is 18.2 Å². The average molecular weight is 341 g/mol. The number of alkyl halides is 1. The number of carbonyl (C=O) groups excluding carboxylic acids is 1. The van der Waals surface area contributed by atoms with Crippen molar-refractivity contribution in [2.24, 2.45) is 0 Å². The van der Waals surface area contributed by atoms with E-state index in [9.17, 15) is 4.79 Å². The lowest BCUT2D eigenvalue weighted by Gasteiger charge is -2.14. The number of hydrogen-bond donors (Lipinski definition) is 1. The van der Waals surface area contributed by atoms with Gasteiger partial charge in [0.1, 0.15) is 5.88 Å².